The first-order valence-electron chi connectivity index (χ1n) is 11.1. The van der Waals surface area contributed by atoms with Crippen molar-refractivity contribution in [3.05, 3.63) is 59.4 Å². The Morgan fingerprint density at radius 2 is 2.06 bits per heavy atom. The summed E-state index contributed by atoms with van der Waals surface area (Å²) in [5.74, 6) is -0.113. The Morgan fingerprint density at radius 1 is 1.29 bits per heavy atom. The van der Waals surface area contributed by atoms with Gasteiger partial charge in [-0.2, -0.15) is 0 Å². The van der Waals surface area contributed by atoms with Gasteiger partial charge in [0.25, 0.3) is 5.91 Å². The predicted octanol–water partition coefficient (Wildman–Crippen LogP) is 3.30. The summed E-state index contributed by atoms with van der Waals surface area (Å²) in [6, 6.07) is 8.33. The second-order valence-corrected chi connectivity index (χ2v) is 9.16. The molecule has 1 aliphatic carbocycles. The van der Waals surface area contributed by atoms with Crippen LogP contribution in [0, 0.1) is 5.92 Å². The third-order valence-corrected chi connectivity index (χ3v) is 7.41. The molecule has 1 fully saturated rings. The van der Waals surface area contributed by atoms with Gasteiger partial charge in [0.1, 0.15) is 0 Å². The molecule has 1 saturated heterocycles. The zero-order chi connectivity index (χ0) is 21.9. The van der Waals surface area contributed by atoms with Gasteiger partial charge in [-0.15, -0.1) is 0 Å². The number of methoxy groups -OCH3 is 1. The van der Waals surface area contributed by atoms with Gasteiger partial charge in [0.05, 0.1) is 30.5 Å². The fraction of sp³-hybridized carbons (Fsp3) is 0.480. The Hall–Kier alpha value is -2.57. The van der Waals surface area contributed by atoms with Gasteiger partial charge in [0, 0.05) is 61.9 Å². The van der Waals surface area contributed by atoms with E-state index in [4.69, 9.17) is 4.74 Å². The van der Waals surface area contributed by atoms with Crippen molar-refractivity contribution < 1.29 is 14.6 Å². The van der Waals surface area contributed by atoms with Crippen LogP contribution < -0.4 is 0 Å². The normalized spacial score (nSPS) is 28.0. The zero-order valence-electron chi connectivity index (χ0n) is 18.5. The maximum absolute atomic E-state index is 13.6. The Balaban J connectivity index is 1.59. The first-order valence-corrected chi connectivity index (χ1v) is 11.1. The second-order valence-electron chi connectivity index (χ2n) is 9.16. The summed E-state index contributed by atoms with van der Waals surface area (Å²) in [4.78, 5) is 17.7. The third-order valence-electron chi connectivity index (χ3n) is 7.41. The van der Waals surface area contributed by atoms with Crippen LogP contribution in [-0.4, -0.2) is 58.7 Å². The highest BCUT2D eigenvalue weighted by Gasteiger charge is 2.44. The van der Waals surface area contributed by atoms with E-state index < -0.39 is 6.10 Å². The fourth-order valence-corrected chi connectivity index (χ4v) is 6.01. The molecule has 5 rings (SSSR count). The number of likely N-dealkylation sites (N-methyl/N-ethyl adjacent to an activating group) is 1. The van der Waals surface area contributed by atoms with Crippen molar-refractivity contribution in [2.45, 2.75) is 37.5 Å². The molecule has 2 aromatic rings. The minimum atomic E-state index is -0.657. The number of rotatable bonds is 3. The van der Waals surface area contributed by atoms with Crippen molar-refractivity contribution in [3.63, 3.8) is 0 Å². The van der Waals surface area contributed by atoms with Crippen molar-refractivity contribution in [1.82, 2.24) is 14.4 Å². The van der Waals surface area contributed by atoms with Crippen LogP contribution in [0.1, 0.15) is 42.7 Å². The van der Waals surface area contributed by atoms with Gasteiger partial charge in [-0.1, -0.05) is 24.8 Å². The number of likely N-dealkylation sites (tertiary alicyclic amines) is 1. The molecule has 1 amide bonds. The van der Waals surface area contributed by atoms with Crippen LogP contribution in [0.15, 0.2) is 48.2 Å². The molecule has 1 aromatic heterocycles. The number of aryl methyl sites for hydroxylation is 1. The highest BCUT2D eigenvalue weighted by Crippen LogP contribution is 2.51. The zero-order valence-corrected chi connectivity index (χ0v) is 18.5. The summed E-state index contributed by atoms with van der Waals surface area (Å²) < 4.78 is 7.46. The molecule has 0 spiro atoms. The average molecular weight is 422 g/mol. The lowest BCUT2D eigenvalue weighted by atomic mass is 9.80. The fourth-order valence-electron chi connectivity index (χ4n) is 6.01. The molecule has 2 aliphatic heterocycles. The molecular weight excluding hydrogens is 390 g/mol. The van der Waals surface area contributed by atoms with E-state index in [1.807, 2.05) is 37.3 Å². The maximum atomic E-state index is 13.6. The summed E-state index contributed by atoms with van der Waals surface area (Å²) in [7, 11) is 5.71. The molecule has 3 aliphatic rings. The van der Waals surface area contributed by atoms with Crippen LogP contribution in [0.2, 0.25) is 0 Å². The van der Waals surface area contributed by atoms with Crippen LogP contribution in [0.3, 0.4) is 0 Å². The molecule has 31 heavy (non-hydrogen) atoms. The first kappa shape index (κ1) is 20.3. The maximum Gasteiger partial charge on any atom is 0.252 e. The number of hydrogen-bond acceptors (Lipinski definition) is 4. The molecule has 4 atom stereocenters. The van der Waals surface area contributed by atoms with Gasteiger partial charge in [0.2, 0.25) is 0 Å². The third kappa shape index (κ3) is 2.96. The number of aromatic nitrogens is 1. The van der Waals surface area contributed by atoms with Crippen molar-refractivity contribution in [3.8, 4) is 0 Å². The van der Waals surface area contributed by atoms with Gasteiger partial charge in [0.15, 0.2) is 0 Å². The number of aliphatic hydroxyl groups excluding tert-OH is 1. The van der Waals surface area contributed by atoms with E-state index in [-0.39, 0.29) is 23.9 Å². The molecule has 0 radical (unpaired) electrons. The van der Waals surface area contributed by atoms with Crippen molar-refractivity contribution in [2.24, 2.45) is 13.0 Å². The molecule has 6 nitrogen and oxygen atoms in total. The lowest BCUT2D eigenvalue weighted by Gasteiger charge is -2.39. The van der Waals surface area contributed by atoms with Crippen molar-refractivity contribution in [1.29, 1.82) is 0 Å². The van der Waals surface area contributed by atoms with E-state index in [1.54, 1.807) is 7.11 Å². The quantitative estimate of drug-likeness (QED) is 0.773. The van der Waals surface area contributed by atoms with E-state index in [9.17, 15) is 9.90 Å². The van der Waals surface area contributed by atoms with Crippen molar-refractivity contribution in [2.75, 3.05) is 27.3 Å². The summed E-state index contributed by atoms with van der Waals surface area (Å²) in [5, 5.41) is 12.5. The molecule has 1 N–H and O–H groups in total. The van der Waals surface area contributed by atoms with Crippen LogP contribution in [-0.2, 0) is 16.6 Å². The van der Waals surface area contributed by atoms with Gasteiger partial charge < -0.3 is 24.2 Å². The number of hydrogen-bond donors (Lipinski definition) is 1. The Kier molecular flexibility index (Phi) is 4.94. The van der Waals surface area contributed by atoms with Gasteiger partial charge >= 0.3 is 0 Å². The molecule has 164 valence electrons. The number of ether oxygens (including phenoxy) is 1. The number of aliphatic hydroxyl groups is 1. The SMILES string of the molecule is C=C1[C@H]2C[C@H](O)c3c(c4ccccc4n3C)[C@@H]1N(C)C=C2C(=O)N1CCC[C@H]1COC. The van der Waals surface area contributed by atoms with E-state index in [2.05, 4.69) is 28.2 Å². The van der Waals surface area contributed by atoms with E-state index in [0.29, 0.717) is 13.0 Å². The van der Waals surface area contributed by atoms with Crippen LogP contribution in [0.5, 0.6) is 0 Å². The highest BCUT2D eigenvalue weighted by molar-refractivity contribution is 5.96. The summed E-state index contributed by atoms with van der Waals surface area (Å²) >= 11 is 0. The smallest absolute Gasteiger partial charge is 0.252 e. The predicted molar refractivity (Wildman–Crippen MR) is 120 cm³/mol. The van der Waals surface area contributed by atoms with E-state index >= 15 is 0 Å². The van der Waals surface area contributed by atoms with Crippen molar-refractivity contribution >= 4 is 16.8 Å². The standard InChI is InChI=1S/C25H31N3O3/c1-15-18-12-21(29)24-22(17-9-5-6-10-20(17)27(24)3)23(15)26(2)13-19(18)25(30)28-11-7-8-16(28)14-31-4/h5-6,9-10,13,16,18,21,23,29H,1,7-8,11-12,14H2,2-4H3/t16-,18+,21-,23+/m0/s1. The van der Waals surface area contributed by atoms with Gasteiger partial charge in [-0.3, -0.25) is 4.79 Å². The summed E-state index contributed by atoms with van der Waals surface area (Å²) in [5.41, 5.74) is 4.88. The number of para-hydroxylation sites is 1. The molecule has 0 saturated carbocycles. The summed E-state index contributed by atoms with van der Waals surface area (Å²) in [6.07, 6.45) is 3.78. The van der Waals surface area contributed by atoms with Crippen LogP contribution in [0.4, 0.5) is 0 Å². The number of carbonyl (C=O) groups is 1. The van der Waals surface area contributed by atoms with Gasteiger partial charge in [-0.25, -0.2) is 0 Å². The molecule has 6 heteroatoms. The molecule has 2 bridgehead atoms. The molecule has 0 unspecified atom stereocenters. The van der Waals surface area contributed by atoms with E-state index in [0.717, 1.165) is 52.7 Å². The largest absolute Gasteiger partial charge is 0.387 e. The Bertz CT molecular complexity index is 1090. The summed E-state index contributed by atoms with van der Waals surface area (Å²) in [6.45, 7) is 5.79. The lowest BCUT2D eigenvalue weighted by molar-refractivity contribution is -0.129. The number of amides is 1. The molecule has 3 heterocycles. The topological polar surface area (TPSA) is 57.9 Å². The van der Waals surface area contributed by atoms with Crippen LogP contribution in [0.25, 0.3) is 10.9 Å². The first-order chi connectivity index (χ1) is 14.9. The monoisotopic (exact) mass is 421 g/mol. The second kappa shape index (κ2) is 7.53. The average Bonchev–Trinajstić information content (AvgIpc) is 3.31. The number of benzene rings is 1. The number of fused-ring (bicyclic) bond motifs is 6. The number of nitrogens with zero attached hydrogens (tertiary/aromatic N) is 3. The molecular formula is C25H31N3O3. The Morgan fingerprint density at radius 3 is 2.84 bits per heavy atom. The Labute approximate surface area is 183 Å². The lowest BCUT2D eigenvalue weighted by Crippen LogP contribution is -2.42. The minimum Gasteiger partial charge on any atom is -0.387 e. The highest BCUT2D eigenvalue weighted by atomic mass is 16.5. The minimum absolute atomic E-state index is 0.0546. The van der Waals surface area contributed by atoms with Gasteiger partial charge in [-0.05, 0) is 30.9 Å². The molecule has 1 aromatic carbocycles. The van der Waals surface area contributed by atoms with E-state index in [1.165, 1.54) is 0 Å². The number of carbonyl (C=O) groups excluding carboxylic acids is 1. The van der Waals surface area contributed by atoms with Crippen LogP contribution >= 0.6 is 0 Å².